The quantitative estimate of drug-likeness (QED) is 0.577. The summed E-state index contributed by atoms with van der Waals surface area (Å²) in [5, 5.41) is 3.77. The molecular formula is C22H22N4O2. The molecule has 28 heavy (non-hydrogen) atoms. The zero-order valence-electron chi connectivity index (χ0n) is 16.1. The average Bonchev–Trinajstić information content (AvgIpc) is 3.06. The van der Waals surface area contributed by atoms with Gasteiger partial charge in [-0.15, -0.1) is 0 Å². The highest BCUT2D eigenvalue weighted by Gasteiger charge is 2.25. The Balaban J connectivity index is 1.65. The van der Waals surface area contributed by atoms with Gasteiger partial charge >= 0.3 is 0 Å². The standard InChI is InChI=1S/C22H22N4O2/c1-22(2,3)21-25-18(17-10-6-7-11-26(17)21)20(28)23-13-15-12-14-8-4-5-9-16(14)24-19(15)27/h4-12H,13H2,1-3H3,(H,23,28)(H,24,27). The third-order valence-electron chi connectivity index (χ3n) is 4.70. The number of hydrogen-bond acceptors (Lipinski definition) is 3. The van der Waals surface area contributed by atoms with Crippen LogP contribution in [0, 0.1) is 0 Å². The molecule has 6 heteroatoms. The van der Waals surface area contributed by atoms with Crippen molar-refractivity contribution in [2.24, 2.45) is 0 Å². The van der Waals surface area contributed by atoms with Crippen LogP contribution in [0.25, 0.3) is 16.4 Å². The first-order valence-electron chi connectivity index (χ1n) is 9.21. The van der Waals surface area contributed by atoms with Gasteiger partial charge in [-0.3, -0.25) is 9.59 Å². The first-order chi connectivity index (χ1) is 13.3. The number of amides is 1. The van der Waals surface area contributed by atoms with Crippen molar-refractivity contribution in [3.8, 4) is 0 Å². The number of para-hydroxylation sites is 1. The molecule has 142 valence electrons. The van der Waals surface area contributed by atoms with Gasteiger partial charge < -0.3 is 14.7 Å². The molecule has 1 aromatic carbocycles. The van der Waals surface area contributed by atoms with Crippen molar-refractivity contribution in [2.75, 3.05) is 0 Å². The molecule has 0 bridgehead atoms. The highest BCUT2D eigenvalue weighted by atomic mass is 16.2. The summed E-state index contributed by atoms with van der Waals surface area (Å²) in [7, 11) is 0. The number of carbonyl (C=O) groups excluding carboxylic acids is 1. The summed E-state index contributed by atoms with van der Waals surface area (Å²) in [6, 6.07) is 15.0. The number of carbonyl (C=O) groups is 1. The molecule has 2 N–H and O–H groups in total. The molecule has 4 rings (SSSR count). The molecule has 0 aliphatic rings. The van der Waals surface area contributed by atoms with Crippen molar-refractivity contribution in [1.29, 1.82) is 0 Å². The van der Waals surface area contributed by atoms with E-state index in [4.69, 9.17) is 0 Å². The van der Waals surface area contributed by atoms with Crippen LogP contribution >= 0.6 is 0 Å². The van der Waals surface area contributed by atoms with E-state index in [1.54, 1.807) is 6.07 Å². The smallest absolute Gasteiger partial charge is 0.272 e. The molecule has 3 heterocycles. The van der Waals surface area contributed by atoms with E-state index in [9.17, 15) is 9.59 Å². The maximum Gasteiger partial charge on any atom is 0.272 e. The number of aromatic amines is 1. The second kappa shape index (κ2) is 6.64. The van der Waals surface area contributed by atoms with Crippen LogP contribution in [0.3, 0.4) is 0 Å². The van der Waals surface area contributed by atoms with Crippen molar-refractivity contribution in [1.82, 2.24) is 19.7 Å². The van der Waals surface area contributed by atoms with Gasteiger partial charge in [-0.2, -0.15) is 0 Å². The zero-order chi connectivity index (χ0) is 19.9. The Morgan fingerprint density at radius 2 is 1.89 bits per heavy atom. The molecule has 1 amide bonds. The van der Waals surface area contributed by atoms with Crippen molar-refractivity contribution >= 4 is 22.3 Å². The van der Waals surface area contributed by atoms with Gasteiger partial charge in [-0.1, -0.05) is 45.0 Å². The largest absolute Gasteiger partial charge is 0.346 e. The lowest BCUT2D eigenvalue weighted by molar-refractivity contribution is 0.0948. The highest BCUT2D eigenvalue weighted by molar-refractivity contribution is 5.99. The van der Waals surface area contributed by atoms with Gasteiger partial charge in [0.15, 0.2) is 5.69 Å². The van der Waals surface area contributed by atoms with Gasteiger partial charge in [-0.05, 0) is 29.7 Å². The molecule has 0 atom stereocenters. The number of hydrogen-bond donors (Lipinski definition) is 2. The average molecular weight is 374 g/mol. The molecule has 0 aliphatic heterocycles. The normalized spacial score (nSPS) is 11.8. The molecule has 3 aromatic heterocycles. The summed E-state index contributed by atoms with van der Waals surface area (Å²) in [4.78, 5) is 32.6. The molecule has 0 radical (unpaired) electrons. The minimum atomic E-state index is -0.299. The molecule has 0 spiro atoms. The second-order valence-electron chi connectivity index (χ2n) is 7.88. The number of nitrogens with zero attached hydrogens (tertiary/aromatic N) is 2. The molecule has 4 aromatic rings. The number of rotatable bonds is 3. The van der Waals surface area contributed by atoms with Crippen LogP contribution in [0.4, 0.5) is 0 Å². The van der Waals surface area contributed by atoms with Gasteiger partial charge in [0.2, 0.25) is 0 Å². The number of benzene rings is 1. The monoisotopic (exact) mass is 374 g/mol. The Bertz CT molecular complexity index is 1240. The van der Waals surface area contributed by atoms with Crippen LogP contribution in [0.1, 0.15) is 42.6 Å². The third kappa shape index (κ3) is 3.17. The van der Waals surface area contributed by atoms with Crippen molar-refractivity contribution < 1.29 is 4.79 Å². The van der Waals surface area contributed by atoms with E-state index in [-0.39, 0.29) is 23.4 Å². The summed E-state index contributed by atoms with van der Waals surface area (Å²) in [5.74, 6) is 0.517. The molecule has 0 fully saturated rings. The van der Waals surface area contributed by atoms with E-state index in [2.05, 4.69) is 36.1 Å². The summed E-state index contributed by atoms with van der Waals surface area (Å²) in [6.07, 6.45) is 1.91. The minimum absolute atomic E-state index is 0.135. The third-order valence-corrected chi connectivity index (χ3v) is 4.70. The number of H-pyrrole nitrogens is 1. The van der Waals surface area contributed by atoms with E-state index in [1.807, 2.05) is 53.1 Å². The zero-order valence-corrected chi connectivity index (χ0v) is 16.1. The predicted octanol–water partition coefficient (Wildman–Crippen LogP) is 3.40. The summed E-state index contributed by atoms with van der Waals surface area (Å²) in [5.41, 5.74) is 1.98. The topological polar surface area (TPSA) is 79.3 Å². The fraction of sp³-hybridized carbons (Fsp3) is 0.227. The Labute approximate surface area is 162 Å². The summed E-state index contributed by atoms with van der Waals surface area (Å²) in [6.45, 7) is 6.32. The van der Waals surface area contributed by atoms with Gasteiger partial charge in [0.25, 0.3) is 11.5 Å². The van der Waals surface area contributed by atoms with E-state index in [0.717, 1.165) is 22.2 Å². The lowest BCUT2D eigenvalue weighted by Crippen LogP contribution is -2.27. The van der Waals surface area contributed by atoms with Crippen LogP contribution in [0.5, 0.6) is 0 Å². The van der Waals surface area contributed by atoms with Crippen molar-refractivity contribution in [3.05, 3.63) is 82.2 Å². The van der Waals surface area contributed by atoms with Crippen LogP contribution in [-0.2, 0) is 12.0 Å². The van der Waals surface area contributed by atoms with Crippen LogP contribution in [0.2, 0.25) is 0 Å². The SMILES string of the molecule is CC(C)(C)c1nc(C(=O)NCc2cc3ccccc3[nH]c2=O)c2ccccn12. The fourth-order valence-corrected chi connectivity index (χ4v) is 3.32. The maximum absolute atomic E-state index is 12.8. The number of fused-ring (bicyclic) bond motifs is 2. The van der Waals surface area contributed by atoms with Gasteiger partial charge in [-0.25, -0.2) is 4.98 Å². The summed E-state index contributed by atoms with van der Waals surface area (Å²) < 4.78 is 1.94. The van der Waals surface area contributed by atoms with E-state index < -0.39 is 0 Å². The molecule has 0 saturated heterocycles. The van der Waals surface area contributed by atoms with E-state index in [0.29, 0.717) is 11.3 Å². The van der Waals surface area contributed by atoms with Gasteiger partial charge in [0.05, 0.1) is 5.52 Å². The lowest BCUT2D eigenvalue weighted by atomic mass is 9.96. The minimum Gasteiger partial charge on any atom is -0.346 e. The van der Waals surface area contributed by atoms with Crippen molar-refractivity contribution in [2.45, 2.75) is 32.7 Å². The first-order valence-corrected chi connectivity index (χ1v) is 9.21. The van der Waals surface area contributed by atoms with Gasteiger partial charge in [0.1, 0.15) is 5.82 Å². The number of pyridine rings is 2. The number of aromatic nitrogens is 3. The predicted molar refractivity (Wildman–Crippen MR) is 110 cm³/mol. The molecule has 0 unspecified atom stereocenters. The Kier molecular flexibility index (Phi) is 4.26. The van der Waals surface area contributed by atoms with Crippen LogP contribution in [-0.4, -0.2) is 20.3 Å². The van der Waals surface area contributed by atoms with Crippen LogP contribution in [0.15, 0.2) is 59.5 Å². The Morgan fingerprint density at radius 1 is 1.14 bits per heavy atom. The number of nitrogens with one attached hydrogen (secondary N) is 2. The molecule has 6 nitrogen and oxygen atoms in total. The first kappa shape index (κ1) is 18.0. The Morgan fingerprint density at radius 3 is 2.68 bits per heavy atom. The van der Waals surface area contributed by atoms with Crippen LogP contribution < -0.4 is 10.9 Å². The highest BCUT2D eigenvalue weighted by Crippen LogP contribution is 2.24. The van der Waals surface area contributed by atoms with Gasteiger partial charge in [0, 0.05) is 29.2 Å². The second-order valence-corrected chi connectivity index (χ2v) is 7.88. The summed E-state index contributed by atoms with van der Waals surface area (Å²) >= 11 is 0. The molecule has 0 aliphatic carbocycles. The fourth-order valence-electron chi connectivity index (χ4n) is 3.32. The van der Waals surface area contributed by atoms with E-state index >= 15 is 0 Å². The molecular weight excluding hydrogens is 352 g/mol. The number of imidazole rings is 1. The Hall–Kier alpha value is -3.41. The molecule has 0 saturated carbocycles. The lowest BCUT2D eigenvalue weighted by Gasteiger charge is -2.16. The van der Waals surface area contributed by atoms with Crippen molar-refractivity contribution in [3.63, 3.8) is 0 Å². The van der Waals surface area contributed by atoms with E-state index in [1.165, 1.54) is 0 Å². The maximum atomic E-state index is 12.8.